The van der Waals surface area contributed by atoms with E-state index in [1.165, 1.54) is 13.8 Å². The first-order valence-electron chi connectivity index (χ1n) is 8.01. The van der Waals surface area contributed by atoms with Crippen LogP contribution >= 0.6 is 46.4 Å². The van der Waals surface area contributed by atoms with Gasteiger partial charge in [-0.15, -0.1) is 0 Å². The Morgan fingerprint density at radius 2 is 1.00 bits per heavy atom. The second-order valence-electron chi connectivity index (χ2n) is 7.11. The number of hydrogen-bond donors (Lipinski definition) is 0. The molecule has 0 aliphatic heterocycles. The van der Waals surface area contributed by atoms with E-state index in [1.54, 1.807) is 32.0 Å². The molecule has 2 rings (SSSR count). The van der Waals surface area contributed by atoms with Crippen LogP contribution in [-0.4, -0.2) is 10.5 Å². The first-order valence-corrected chi connectivity index (χ1v) is 9.52. The summed E-state index contributed by atoms with van der Waals surface area (Å²) in [6, 6.07) is 7.94. The van der Waals surface area contributed by atoms with E-state index in [4.69, 9.17) is 46.4 Å². The highest BCUT2D eigenvalue weighted by molar-refractivity contribution is 6.65. The van der Waals surface area contributed by atoms with E-state index in [1.807, 2.05) is 0 Å². The van der Waals surface area contributed by atoms with Gasteiger partial charge in [0.15, 0.2) is 0 Å². The predicted molar refractivity (Wildman–Crippen MR) is 111 cm³/mol. The monoisotopic (exact) mass is 468 g/mol. The van der Waals surface area contributed by atoms with Crippen molar-refractivity contribution in [2.24, 2.45) is 0 Å². The molecule has 0 aliphatic rings. The average Bonchev–Trinajstić information content (AvgIpc) is 2.53. The van der Waals surface area contributed by atoms with Gasteiger partial charge in [-0.2, -0.15) is 0 Å². The molecule has 0 spiro atoms. The van der Waals surface area contributed by atoms with Gasteiger partial charge in [-0.3, -0.25) is 9.59 Å². The van der Waals surface area contributed by atoms with Crippen molar-refractivity contribution in [2.75, 3.05) is 0 Å². The second kappa shape index (κ2) is 9.53. The Balaban J connectivity index is 0.000000280. The highest BCUT2D eigenvalue weighted by atomic mass is 35.5. The molecule has 0 unspecified atom stereocenters. The first kappa shape index (κ1) is 24.8. The molecule has 0 atom stereocenters. The summed E-state index contributed by atoms with van der Waals surface area (Å²) in [5.41, 5.74) is -0.898. The molecule has 2 aromatic rings. The summed E-state index contributed by atoms with van der Waals surface area (Å²) in [4.78, 5) is 22.2. The van der Waals surface area contributed by atoms with Gasteiger partial charge >= 0.3 is 0 Å². The summed E-state index contributed by atoms with van der Waals surface area (Å²) in [7, 11) is 0. The van der Waals surface area contributed by atoms with Crippen molar-refractivity contribution in [3.63, 3.8) is 0 Å². The van der Waals surface area contributed by atoms with Crippen LogP contribution in [0.2, 0.25) is 10.0 Å². The minimum absolute atomic E-state index is 0.231. The largest absolute Gasteiger partial charge is 0.280 e. The van der Waals surface area contributed by atoms with Crippen molar-refractivity contribution in [1.29, 1.82) is 0 Å². The summed E-state index contributed by atoms with van der Waals surface area (Å²) in [6.07, 6.45) is 0. The third-order valence-corrected chi connectivity index (χ3v) is 5.53. The van der Waals surface area contributed by atoms with Gasteiger partial charge in [-0.05, 0) is 92.4 Å². The van der Waals surface area contributed by atoms with Crippen LogP contribution in [0, 0.1) is 11.6 Å². The van der Waals surface area contributed by atoms with E-state index in [0.29, 0.717) is 10.0 Å². The van der Waals surface area contributed by atoms with Crippen molar-refractivity contribution in [2.45, 2.75) is 38.5 Å². The van der Waals surface area contributed by atoms with Gasteiger partial charge in [0.1, 0.15) is 11.6 Å². The van der Waals surface area contributed by atoms with Gasteiger partial charge in [0.2, 0.25) is 10.5 Å². The van der Waals surface area contributed by atoms with Crippen molar-refractivity contribution >= 4 is 56.9 Å². The Morgan fingerprint density at radius 3 is 1.32 bits per heavy atom. The lowest BCUT2D eigenvalue weighted by Crippen LogP contribution is -2.25. The third-order valence-electron chi connectivity index (χ3n) is 4.15. The molecular formula is C20H18Cl4F2O2. The molecule has 2 aromatic carbocycles. The molecule has 2 nitrogen and oxygen atoms in total. The standard InChI is InChI=1S/C10H9Cl3O.C10H9ClF2O/c1-10(2,9(13)14)6-3-7(11)5-8(12)4-6;1-10(2,9(11)14)6-3-7(12)5-8(13)4-6/h2*3-5H,1-2H3. The van der Waals surface area contributed by atoms with E-state index in [9.17, 15) is 18.4 Å². The van der Waals surface area contributed by atoms with Crippen molar-refractivity contribution in [3.05, 3.63) is 69.2 Å². The Hall–Kier alpha value is -1.20. The number of carbonyl (C=O) groups excluding carboxylic acids is 2. The minimum Gasteiger partial charge on any atom is -0.280 e. The van der Waals surface area contributed by atoms with Crippen molar-refractivity contribution < 1.29 is 18.4 Å². The summed E-state index contributed by atoms with van der Waals surface area (Å²) in [6.45, 7) is 6.47. The van der Waals surface area contributed by atoms with Gasteiger partial charge in [-0.25, -0.2) is 8.78 Å². The van der Waals surface area contributed by atoms with Crippen LogP contribution in [0.25, 0.3) is 0 Å². The highest BCUT2D eigenvalue weighted by Gasteiger charge is 2.29. The zero-order valence-corrected chi connectivity index (χ0v) is 18.6. The van der Waals surface area contributed by atoms with E-state index >= 15 is 0 Å². The summed E-state index contributed by atoms with van der Waals surface area (Å²) >= 11 is 22.5. The summed E-state index contributed by atoms with van der Waals surface area (Å²) in [5, 5.41) is -0.0877. The fraction of sp³-hybridized carbons (Fsp3) is 0.300. The van der Waals surface area contributed by atoms with E-state index in [-0.39, 0.29) is 5.56 Å². The molecule has 0 radical (unpaired) electrons. The molecule has 0 amide bonds. The minimum atomic E-state index is -1.08. The van der Waals surface area contributed by atoms with E-state index in [0.717, 1.165) is 23.8 Å². The van der Waals surface area contributed by atoms with Crippen LogP contribution < -0.4 is 0 Å². The average molecular weight is 470 g/mol. The van der Waals surface area contributed by atoms with Crippen LogP contribution in [0.5, 0.6) is 0 Å². The normalized spacial score (nSPS) is 11.5. The SMILES string of the molecule is CC(C)(C(=O)Cl)c1cc(Cl)cc(Cl)c1.CC(C)(C(=O)Cl)c1cc(F)cc(F)c1. The van der Waals surface area contributed by atoms with Crippen LogP contribution in [0.3, 0.4) is 0 Å². The maximum Gasteiger partial charge on any atom is 0.231 e. The molecule has 0 fully saturated rings. The van der Waals surface area contributed by atoms with Crippen LogP contribution in [0.4, 0.5) is 8.78 Å². The molecule has 152 valence electrons. The quantitative estimate of drug-likeness (QED) is 0.449. The molecule has 0 heterocycles. The summed E-state index contributed by atoms with van der Waals surface area (Å²) < 4.78 is 25.7. The Kier molecular flexibility index (Phi) is 8.46. The molecule has 0 N–H and O–H groups in total. The Bertz CT molecular complexity index is 782. The van der Waals surface area contributed by atoms with Crippen LogP contribution in [0.1, 0.15) is 38.8 Å². The van der Waals surface area contributed by atoms with Crippen molar-refractivity contribution in [1.82, 2.24) is 0 Å². The lowest BCUT2D eigenvalue weighted by Gasteiger charge is -2.20. The first-order chi connectivity index (χ1) is 12.7. The lowest BCUT2D eigenvalue weighted by molar-refractivity contribution is -0.116. The molecule has 0 bridgehead atoms. The Morgan fingerprint density at radius 1 is 0.679 bits per heavy atom. The highest BCUT2D eigenvalue weighted by Crippen LogP contribution is 2.30. The molecule has 0 aromatic heterocycles. The van der Waals surface area contributed by atoms with Gasteiger partial charge in [0.25, 0.3) is 0 Å². The number of halogens is 6. The van der Waals surface area contributed by atoms with E-state index < -0.39 is 32.9 Å². The fourth-order valence-electron chi connectivity index (χ4n) is 2.06. The van der Waals surface area contributed by atoms with Crippen molar-refractivity contribution in [3.8, 4) is 0 Å². The molecule has 28 heavy (non-hydrogen) atoms. The van der Waals surface area contributed by atoms with Gasteiger partial charge in [0, 0.05) is 16.1 Å². The maximum absolute atomic E-state index is 12.8. The molecule has 0 saturated heterocycles. The zero-order valence-electron chi connectivity index (χ0n) is 15.5. The van der Waals surface area contributed by atoms with Gasteiger partial charge in [-0.1, -0.05) is 23.2 Å². The maximum atomic E-state index is 12.8. The number of hydrogen-bond acceptors (Lipinski definition) is 2. The number of carbonyl (C=O) groups is 2. The van der Waals surface area contributed by atoms with Crippen LogP contribution in [-0.2, 0) is 20.4 Å². The lowest BCUT2D eigenvalue weighted by atomic mass is 9.86. The van der Waals surface area contributed by atoms with Gasteiger partial charge < -0.3 is 0 Å². The summed E-state index contributed by atoms with van der Waals surface area (Å²) in [5.74, 6) is -1.43. The van der Waals surface area contributed by atoms with Crippen LogP contribution in [0.15, 0.2) is 36.4 Å². The number of benzene rings is 2. The van der Waals surface area contributed by atoms with E-state index in [2.05, 4.69) is 0 Å². The molecule has 8 heteroatoms. The topological polar surface area (TPSA) is 34.1 Å². The fourth-order valence-corrected chi connectivity index (χ4v) is 2.80. The zero-order chi connectivity index (χ0) is 21.9. The van der Waals surface area contributed by atoms with Gasteiger partial charge in [0.05, 0.1) is 10.8 Å². The molecule has 0 saturated carbocycles. The molecule has 0 aliphatic carbocycles. The second-order valence-corrected chi connectivity index (χ2v) is 8.67. The predicted octanol–water partition coefficient (Wildman–Crippen LogP) is 7.04. The number of rotatable bonds is 4. The third kappa shape index (κ3) is 6.41. The Labute approximate surface area is 182 Å². The smallest absolute Gasteiger partial charge is 0.231 e. The molecular weight excluding hydrogens is 452 g/mol.